The van der Waals surface area contributed by atoms with E-state index in [-0.39, 0.29) is 43.9 Å². The summed E-state index contributed by atoms with van der Waals surface area (Å²) in [6.45, 7) is 4.24. The van der Waals surface area contributed by atoms with Crippen LogP contribution >= 0.6 is 0 Å². The lowest BCUT2D eigenvalue weighted by molar-refractivity contribution is -0.133. The number of phenols is 1. The number of phenolic OH excluding ortho intramolecular Hbond substituents is 1. The summed E-state index contributed by atoms with van der Waals surface area (Å²) in [6.07, 6.45) is 3.95. The highest BCUT2D eigenvalue weighted by Gasteiger charge is 2.31. The van der Waals surface area contributed by atoms with Gasteiger partial charge in [-0.05, 0) is 92.9 Å². The van der Waals surface area contributed by atoms with Crippen LogP contribution in [0.2, 0.25) is 0 Å². The number of nitrogens with two attached hydrogens (primary N) is 5. The van der Waals surface area contributed by atoms with Crippen molar-refractivity contribution >= 4 is 40.5 Å². The fourth-order valence-corrected chi connectivity index (χ4v) is 5.68. The average molecular weight is 679 g/mol. The number of para-hydroxylation sites is 1. The highest BCUT2D eigenvalue weighted by atomic mass is 16.3. The highest BCUT2D eigenvalue weighted by molar-refractivity contribution is 5.95. The molecule has 15 nitrogen and oxygen atoms in total. The van der Waals surface area contributed by atoms with Crippen LogP contribution in [-0.2, 0) is 32.0 Å². The van der Waals surface area contributed by atoms with Gasteiger partial charge < -0.3 is 54.7 Å². The zero-order chi connectivity index (χ0) is 36.1. The molecule has 49 heavy (non-hydrogen) atoms. The second-order valence-corrected chi connectivity index (χ2v) is 12.3. The number of nitrogens with one attached hydrogen (secondary N) is 4. The molecule has 0 aliphatic rings. The number of H-pyrrole nitrogens is 1. The second-order valence-electron chi connectivity index (χ2n) is 12.3. The molecule has 0 saturated heterocycles. The first kappa shape index (κ1) is 38.3. The number of benzene rings is 2. The van der Waals surface area contributed by atoms with Gasteiger partial charge in [0.05, 0.1) is 6.04 Å². The molecule has 266 valence electrons. The van der Waals surface area contributed by atoms with Gasteiger partial charge in [0, 0.05) is 36.5 Å². The van der Waals surface area contributed by atoms with Crippen molar-refractivity contribution in [2.75, 3.05) is 13.1 Å². The highest BCUT2D eigenvalue weighted by Crippen LogP contribution is 2.23. The zero-order valence-corrected chi connectivity index (χ0v) is 28.1. The number of aromatic hydroxyl groups is 1. The van der Waals surface area contributed by atoms with Crippen LogP contribution in [0.3, 0.4) is 0 Å². The Kier molecular flexibility index (Phi) is 14.4. The molecule has 4 atom stereocenters. The van der Waals surface area contributed by atoms with Gasteiger partial charge in [-0.2, -0.15) is 0 Å². The van der Waals surface area contributed by atoms with Crippen molar-refractivity contribution in [3.63, 3.8) is 0 Å². The Morgan fingerprint density at radius 2 is 1.47 bits per heavy atom. The predicted octanol–water partition coefficient (Wildman–Crippen LogP) is -0.275. The van der Waals surface area contributed by atoms with E-state index in [2.05, 4.69) is 25.9 Å². The molecule has 1 aromatic heterocycles. The Morgan fingerprint density at radius 1 is 0.837 bits per heavy atom. The molecular weight excluding hydrogens is 628 g/mol. The SMILES string of the molecule is Cc1cc(O)cc(C)c1C[C@H](NC(=O)[C@H](N)CCCN=C(N)N)C(=O)N[C@@H](CCCCN)C(=O)N[C@@H](Cc1c[nH]c2ccccc12)C(N)=O. The molecular formula is C34H50N10O5. The van der Waals surface area contributed by atoms with Gasteiger partial charge in [-0.25, -0.2) is 0 Å². The lowest BCUT2D eigenvalue weighted by atomic mass is 9.95. The summed E-state index contributed by atoms with van der Waals surface area (Å²) in [5, 5.41) is 19.2. The summed E-state index contributed by atoms with van der Waals surface area (Å²) in [7, 11) is 0. The van der Waals surface area contributed by atoms with Crippen LogP contribution in [0.15, 0.2) is 47.6 Å². The lowest BCUT2D eigenvalue weighted by Gasteiger charge is -2.26. The van der Waals surface area contributed by atoms with Gasteiger partial charge in [-0.1, -0.05) is 18.2 Å². The first-order chi connectivity index (χ1) is 23.3. The minimum Gasteiger partial charge on any atom is -0.508 e. The largest absolute Gasteiger partial charge is 0.508 e. The Bertz CT molecular complexity index is 1610. The van der Waals surface area contributed by atoms with Crippen LogP contribution in [0, 0.1) is 13.8 Å². The normalized spacial score (nSPS) is 13.6. The van der Waals surface area contributed by atoms with E-state index < -0.39 is 47.8 Å². The topological polar surface area (TPSA) is 283 Å². The number of fused-ring (bicyclic) bond motifs is 1. The minimum absolute atomic E-state index is 0.0534. The van der Waals surface area contributed by atoms with E-state index in [4.69, 9.17) is 28.7 Å². The van der Waals surface area contributed by atoms with E-state index in [1.54, 1.807) is 32.2 Å². The molecule has 4 amide bonds. The third-order valence-corrected chi connectivity index (χ3v) is 8.37. The van der Waals surface area contributed by atoms with Crippen LogP contribution in [-0.4, -0.2) is 76.9 Å². The molecule has 0 spiro atoms. The first-order valence-electron chi connectivity index (χ1n) is 16.4. The maximum atomic E-state index is 13.9. The summed E-state index contributed by atoms with van der Waals surface area (Å²) in [4.78, 5) is 60.4. The standard InChI is InChI=1S/C34H50N10O5/c1-19-14-22(45)15-20(2)24(19)17-29(44-31(47)25(36)9-7-13-40-34(38)39)33(49)42-27(11-5-6-12-35)32(48)43-28(30(37)46)16-21-18-41-26-10-4-3-8-23(21)26/h3-4,8,10,14-15,18,25,27-29,41,45H,5-7,9,11-13,16-17,35-36H2,1-2H3,(H2,37,46)(H,42,49)(H,43,48)(H,44,47)(H4,38,39,40)/t25-,27+,28+,29+/m1/s1. The van der Waals surface area contributed by atoms with E-state index >= 15 is 0 Å². The number of carbonyl (C=O) groups excluding carboxylic acids is 4. The maximum Gasteiger partial charge on any atom is 0.243 e. The van der Waals surface area contributed by atoms with Crippen LogP contribution < -0.4 is 44.6 Å². The monoisotopic (exact) mass is 678 g/mol. The second kappa shape index (κ2) is 18.4. The Balaban J connectivity index is 1.83. The van der Waals surface area contributed by atoms with Crippen molar-refractivity contribution in [1.82, 2.24) is 20.9 Å². The number of unbranched alkanes of at least 4 members (excludes halogenated alkanes) is 1. The van der Waals surface area contributed by atoms with E-state index in [0.29, 0.717) is 36.9 Å². The quantitative estimate of drug-likeness (QED) is 0.0453. The number of aryl methyl sites for hydroxylation is 2. The molecule has 0 saturated carbocycles. The number of hydrogen-bond donors (Lipinski definition) is 10. The van der Waals surface area contributed by atoms with E-state index in [0.717, 1.165) is 22.0 Å². The van der Waals surface area contributed by atoms with Crippen LogP contribution in [0.1, 0.15) is 54.4 Å². The van der Waals surface area contributed by atoms with Crippen molar-refractivity contribution in [3.05, 3.63) is 64.8 Å². The van der Waals surface area contributed by atoms with E-state index in [1.165, 1.54) is 0 Å². The summed E-state index contributed by atoms with van der Waals surface area (Å²) < 4.78 is 0. The van der Waals surface area contributed by atoms with Gasteiger partial charge in [0.15, 0.2) is 5.96 Å². The number of aliphatic imine (C=N–C) groups is 1. The summed E-state index contributed by atoms with van der Waals surface area (Å²) in [5.74, 6) is -2.54. The molecule has 3 rings (SSSR count). The Labute approximate surface area is 285 Å². The smallest absolute Gasteiger partial charge is 0.243 e. The fraction of sp³-hybridized carbons (Fsp3) is 0.441. The third kappa shape index (κ3) is 11.5. The van der Waals surface area contributed by atoms with Gasteiger partial charge >= 0.3 is 0 Å². The number of hydrogen-bond acceptors (Lipinski definition) is 8. The van der Waals surface area contributed by atoms with E-state index in [1.807, 2.05) is 24.3 Å². The summed E-state index contributed by atoms with van der Waals surface area (Å²) in [6, 6.07) is 6.45. The van der Waals surface area contributed by atoms with Crippen LogP contribution in [0.5, 0.6) is 5.75 Å². The third-order valence-electron chi connectivity index (χ3n) is 8.37. The molecule has 0 aliphatic heterocycles. The zero-order valence-electron chi connectivity index (χ0n) is 28.1. The molecule has 0 aliphatic carbocycles. The van der Waals surface area contributed by atoms with Crippen LogP contribution in [0.4, 0.5) is 0 Å². The number of amides is 4. The predicted molar refractivity (Wildman–Crippen MR) is 189 cm³/mol. The molecule has 2 aromatic carbocycles. The number of primary amides is 1. The number of rotatable bonds is 19. The average Bonchev–Trinajstić information content (AvgIpc) is 3.45. The molecule has 0 unspecified atom stereocenters. The van der Waals surface area contributed by atoms with Crippen molar-refractivity contribution in [2.45, 2.75) is 83.0 Å². The van der Waals surface area contributed by atoms with Gasteiger partial charge in [0.1, 0.15) is 23.9 Å². The summed E-state index contributed by atoms with van der Waals surface area (Å²) >= 11 is 0. The number of aromatic amines is 1. The molecule has 0 radical (unpaired) electrons. The summed E-state index contributed by atoms with van der Waals surface area (Å²) in [5.41, 5.74) is 32.1. The maximum absolute atomic E-state index is 13.9. The first-order valence-corrected chi connectivity index (χ1v) is 16.4. The number of guanidine groups is 1. The Hall–Kier alpha value is -5.15. The van der Waals surface area contributed by atoms with Gasteiger partial charge in [-0.3, -0.25) is 24.2 Å². The molecule has 0 bridgehead atoms. The Morgan fingerprint density at radius 3 is 2.12 bits per heavy atom. The van der Waals surface area contributed by atoms with Gasteiger partial charge in [-0.15, -0.1) is 0 Å². The van der Waals surface area contributed by atoms with Crippen molar-refractivity contribution in [2.24, 2.45) is 33.7 Å². The molecule has 0 fully saturated rings. The molecule has 1 heterocycles. The minimum atomic E-state index is -1.14. The molecule has 15 heteroatoms. The number of aromatic nitrogens is 1. The van der Waals surface area contributed by atoms with Gasteiger partial charge in [0.25, 0.3) is 0 Å². The molecule has 15 N–H and O–H groups in total. The number of nitrogens with zero attached hydrogens (tertiary/aromatic N) is 1. The lowest BCUT2D eigenvalue weighted by Crippen LogP contribution is -2.58. The van der Waals surface area contributed by atoms with Crippen molar-refractivity contribution < 1.29 is 24.3 Å². The van der Waals surface area contributed by atoms with Crippen molar-refractivity contribution in [3.8, 4) is 5.75 Å². The van der Waals surface area contributed by atoms with Gasteiger partial charge in [0.2, 0.25) is 23.6 Å². The fourth-order valence-electron chi connectivity index (χ4n) is 5.68. The van der Waals surface area contributed by atoms with Crippen molar-refractivity contribution in [1.29, 1.82) is 0 Å². The molecule has 3 aromatic rings. The van der Waals surface area contributed by atoms with E-state index in [9.17, 15) is 24.3 Å². The van der Waals surface area contributed by atoms with Crippen LogP contribution in [0.25, 0.3) is 10.9 Å². The number of carbonyl (C=O) groups is 4.